The number of benzene rings is 1. The number of esters is 2. The van der Waals surface area contributed by atoms with Crippen LogP contribution < -0.4 is 0 Å². The molecule has 0 saturated heterocycles. The third kappa shape index (κ3) is 5.58. The van der Waals surface area contributed by atoms with E-state index >= 15 is 0 Å². The van der Waals surface area contributed by atoms with Crippen LogP contribution in [0.1, 0.15) is 60.7 Å². The summed E-state index contributed by atoms with van der Waals surface area (Å²) < 4.78 is 10.3. The maximum Gasteiger partial charge on any atom is 0.338 e. The molecule has 0 aliphatic carbocycles. The molecule has 0 atom stereocenters. The maximum absolute atomic E-state index is 11.9. The van der Waals surface area contributed by atoms with Crippen LogP contribution in [-0.4, -0.2) is 25.2 Å². The summed E-state index contributed by atoms with van der Waals surface area (Å²) in [6.07, 6.45) is 2.77. The fourth-order valence-corrected chi connectivity index (χ4v) is 1.82. The van der Waals surface area contributed by atoms with Gasteiger partial charge in [-0.05, 0) is 36.6 Å². The Morgan fingerprint density at radius 1 is 0.905 bits per heavy atom. The van der Waals surface area contributed by atoms with Crippen molar-refractivity contribution >= 4 is 11.9 Å². The molecular formula is C17H24O4. The van der Waals surface area contributed by atoms with Gasteiger partial charge in [0, 0.05) is 0 Å². The topological polar surface area (TPSA) is 52.6 Å². The van der Waals surface area contributed by atoms with Crippen LogP contribution in [0, 0.1) is 5.92 Å². The third-order valence-corrected chi connectivity index (χ3v) is 3.40. The predicted octanol–water partition coefficient (Wildman–Crippen LogP) is 3.85. The van der Waals surface area contributed by atoms with E-state index in [1.54, 1.807) is 24.3 Å². The lowest BCUT2D eigenvalue weighted by atomic mass is 10.1. The van der Waals surface area contributed by atoms with Crippen LogP contribution in [0.5, 0.6) is 0 Å². The summed E-state index contributed by atoms with van der Waals surface area (Å²) in [6, 6.07) is 6.37. The Bertz CT molecular complexity index is 446. The SMILES string of the molecule is CCCOC(=O)c1ccc(C(=O)OCC(CC)CC)cc1. The van der Waals surface area contributed by atoms with Gasteiger partial charge in [-0.3, -0.25) is 0 Å². The second-order valence-electron chi connectivity index (χ2n) is 4.99. The standard InChI is InChI=1S/C17H24O4/c1-4-11-20-16(18)14-7-9-15(10-8-14)17(19)21-12-13(5-2)6-3/h7-10,13H,4-6,11-12H2,1-3H3. The van der Waals surface area contributed by atoms with Gasteiger partial charge in [0.15, 0.2) is 0 Å². The van der Waals surface area contributed by atoms with Crippen molar-refractivity contribution in [1.29, 1.82) is 0 Å². The van der Waals surface area contributed by atoms with E-state index in [9.17, 15) is 9.59 Å². The summed E-state index contributed by atoms with van der Waals surface area (Å²) in [5.74, 6) is -0.318. The van der Waals surface area contributed by atoms with Crippen molar-refractivity contribution in [3.8, 4) is 0 Å². The van der Waals surface area contributed by atoms with Gasteiger partial charge < -0.3 is 9.47 Å². The summed E-state index contributed by atoms with van der Waals surface area (Å²) >= 11 is 0. The van der Waals surface area contributed by atoms with Crippen LogP contribution in [0.15, 0.2) is 24.3 Å². The highest BCUT2D eigenvalue weighted by Gasteiger charge is 2.12. The fourth-order valence-electron chi connectivity index (χ4n) is 1.82. The summed E-state index contributed by atoms with van der Waals surface area (Å²) in [6.45, 7) is 6.94. The summed E-state index contributed by atoms with van der Waals surface area (Å²) in [7, 11) is 0. The van der Waals surface area contributed by atoms with Crippen LogP contribution in [0.25, 0.3) is 0 Å². The minimum Gasteiger partial charge on any atom is -0.462 e. The molecule has 0 amide bonds. The van der Waals surface area contributed by atoms with Gasteiger partial charge in [0.25, 0.3) is 0 Å². The van der Waals surface area contributed by atoms with Gasteiger partial charge in [-0.25, -0.2) is 9.59 Å². The lowest BCUT2D eigenvalue weighted by Crippen LogP contribution is -2.13. The molecular weight excluding hydrogens is 268 g/mol. The zero-order valence-electron chi connectivity index (χ0n) is 13.1. The monoisotopic (exact) mass is 292 g/mol. The van der Waals surface area contributed by atoms with Gasteiger partial charge in [0.2, 0.25) is 0 Å². The molecule has 0 aliphatic rings. The number of ether oxygens (including phenoxy) is 2. The van der Waals surface area contributed by atoms with Crippen LogP contribution >= 0.6 is 0 Å². The van der Waals surface area contributed by atoms with E-state index in [0.29, 0.717) is 30.3 Å². The van der Waals surface area contributed by atoms with Crippen LogP contribution in [0.4, 0.5) is 0 Å². The first kappa shape index (κ1) is 17.2. The second-order valence-corrected chi connectivity index (χ2v) is 4.99. The lowest BCUT2D eigenvalue weighted by Gasteiger charge is -2.12. The maximum atomic E-state index is 11.9. The highest BCUT2D eigenvalue weighted by molar-refractivity contribution is 5.93. The molecule has 0 aromatic heterocycles. The van der Waals surface area contributed by atoms with E-state index in [1.165, 1.54) is 0 Å². The second kappa shape index (κ2) is 9.16. The Hall–Kier alpha value is -1.84. The van der Waals surface area contributed by atoms with Crippen molar-refractivity contribution in [2.24, 2.45) is 5.92 Å². The molecule has 1 aromatic rings. The minimum absolute atomic E-state index is 0.352. The Labute approximate surface area is 126 Å². The van der Waals surface area contributed by atoms with E-state index in [-0.39, 0.29) is 11.9 Å². The van der Waals surface area contributed by atoms with Gasteiger partial charge in [0.05, 0.1) is 24.3 Å². The van der Waals surface area contributed by atoms with E-state index < -0.39 is 0 Å². The zero-order valence-corrected chi connectivity index (χ0v) is 13.1. The van der Waals surface area contributed by atoms with Crippen molar-refractivity contribution in [3.05, 3.63) is 35.4 Å². The smallest absolute Gasteiger partial charge is 0.338 e. The normalized spacial score (nSPS) is 10.5. The first-order chi connectivity index (χ1) is 10.1. The molecule has 0 heterocycles. The van der Waals surface area contributed by atoms with Crippen molar-refractivity contribution in [2.75, 3.05) is 13.2 Å². The zero-order chi connectivity index (χ0) is 15.7. The molecule has 1 aromatic carbocycles. The molecule has 0 unspecified atom stereocenters. The fraction of sp³-hybridized carbons (Fsp3) is 0.529. The number of carbonyl (C=O) groups is 2. The van der Waals surface area contributed by atoms with Crippen LogP contribution in [-0.2, 0) is 9.47 Å². The third-order valence-electron chi connectivity index (χ3n) is 3.40. The highest BCUT2D eigenvalue weighted by Crippen LogP contribution is 2.11. The predicted molar refractivity (Wildman–Crippen MR) is 81.4 cm³/mol. The number of rotatable bonds is 8. The first-order valence-corrected chi connectivity index (χ1v) is 7.56. The molecule has 0 fully saturated rings. The average Bonchev–Trinajstić information content (AvgIpc) is 2.53. The molecule has 116 valence electrons. The Kier molecular flexibility index (Phi) is 7.51. The van der Waals surface area contributed by atoms with E-state index in [2.05, 4.69) is 13.8 Å². The van der Waals surface area contributed by atoms with Gasteiger partial charge >= 0.3 is 11.9 Å². The van der Waals surface area contributed by atoms with E-state index in [4.69, 9.17) is 9.47 Å². The lowest BCUT2D eigenvalue weighted by molar-refractivity contribution is 0.0430. The minimum atomic E-state index is -0.367. The van der Waals surface area contributed by atoms with E-state index in [1.807, 2.05) is 6.92 Å². The molecule has 0 aliphatic heterocycles. The quantitative estimate of drug-likeness (QED) is 0.683. The van der Waals surface area contributed by atoms with Crippen LogP contribution in [0.2, 0.25) is 0 Å². The molecule has 0 radical (unpaired) electrons. The van der Waals surface area contributed by atoms with Crippen molar-refractivity contribution in [1.82, 2.24) is 0 Å². The summed E-state index contributed by atoms with van der Waals surface area (Å²) in [5, 5.41) is 0. The van der Waals surface area contributed by atoms with Crippen molar-refractivity contribution in [2.45, 2.75) is 40.0 Å². The Balaban J connectivity index is 2.56. The van der Waals surface area contributed by atoms with Gasteiger partial charge in [-0.2, -0.15) is 0 Å². The molecule has 0 saturated carbocycles. The Morgan fingerprint density at radius 2 is 1.38 bits per heavy atom. The van der Waals surface area contributed by atoms with Gasteiger partial charge in [-0.1, -0.05) is 33.6 Å². The molecule has 21 heavy (non-hydrogen) atoms. The van der Waals surface area contributed by atoms with Crippen molar-refractivity contribution < 1.29 is 19.1 Å². The summed E-state index contributed by atoms with van der Waals surface area (Å²) in [5.41, 5.74) is 0.896. The Morgan fingerprint density at radius 3 is 1.81 bits per heavy atom. The van der Waals surface area contributed by atoms with Crippen LogP contribution in [0.3, 0.4) is 0 Å². The average molecular weight is 292 g/mol. The molecule has 0 bridgehead atoms. The van der Waals surface area contributed by atoms with Gasteiger partial charge in [-0.15, -0.1) is 0 Å². The molecule has 4 heteroatoms. The largest absolute Gasteiger partial charge is 0.462 e. The highest BCUT2D eigenvalue weighted by atomic mass is 16.5. The molecule has 0 N–H and O–H groups in total. The molecule has 1 rings (SSSR count). The first-order valence-electron chi connectivity index (χ1n) is 7.56. The molecule has 0 spiro atoms. The van der Waals surface area contributed by atoms with Crippen molar-refractivity contribution in [3.63, 3.8) is 0 Å². The van der Waals surface area contributed by atoms with E-state index in [0.717, 1.165) is 19.3 Å². The summed E-state index contributed by atoms with van der Waals surface area (Å²) in [4.78, 5) is 23.5. The number of hydrogen-bond acceptors (Lipinski definition) is 4. The number of carbonyl (C=O) groups excluding carboxylic acids is 2. The molecule has 4 nitrogen and oxygen atoms in total. The van der Waals surface area contributed by atoms with Gasteiger partial charge in [0.1, 0.15) is 0 Å². The number of hydrogen-bond donors (Lipinski definition) is 0.